The number of benzene rings is 2. The molecule has 5 amide bonds. The molecule has 0 radical (unpaired) electrons. The Morgan fingerprint density at radius 1 is 0.960 bits per heavy atom. The maximum atomic E-state index is 14.3. The number of para-hydroxylation sites is 1. The number of halogens is 1. The molecule has 0 aromatic heterocycles. The summed E-state index contributed by atoms with van der Waals surface area (Å²) in [6.45, 7) is 6.39. The molecule has 3 atom stereocenters. The molecule has 5 rings (SSSR count). The van der Waals surface area contributed by atoms with Gasteiger partial charge in [-0.3, -0.25) is 24.0 Å². The van der Waals surface area contributed by atoms with Gasteiger partial charge in [0.2, 0.25) is 23.6 Å². The van der Waals surface area contributed by atoms with E-state index in [0.29, 0.717) is 51.7 Å². The summed E-state index contributed by atoms with van der Waals surface area (Å²) in [4.78, 5) is 68.7. The van der Waals surface area contributed by atoms with Gasteiger partial charge in [-0.1, -0.05) is 51.0 Å². The molecule has 1 spiro atoms. The van der Waals surface area contributed by atoms with E-state index in [1.165, 1.54) is 12.1 Å². The van der Waals surface area contributed by atoms with Crippen LogP contribution < -0.4 is 31.3 Å². The van der Waals surface area contributed by atoms with Gasteiger partial charge in [0, 0.05) is 25.2 Å². The zero-order chi connectivity index (χ0) is 35.9. The molecule has 1 saturated carbocycles. The van der Waals surface area contributed by atoms with Gasteiger partial charge in [0.1, 0.15) is 35.8 Å². The van der Waals surface area contributed by atoms with Crippen LogP contribution in [0.3, 0.4) is 0 Å². The van der Waals surface area contributed by atoms with Gasteiger partial charge in [0.15, 0.2) is 0 Å². The van der Waals surface area contributed by atoms with E-state index in [2.05, 4.69) is 26.6 Å². The molecule has 12 nitrogen and oxygen atoms in total. The van der Waals surface area contributed by atoms with Gasteiger partial charge < -0.3 is 36.1 Å². The second-order valence-electron chi connectivity index (χ2n) is 14.1. The highest BCUT2D eigenvalue weighted by Crippen LogP contribution is 2.35. The second kappa shape index (κ2) is 16.0. The van der Waals surface area contributed by atoms with Crippen molar-refractivity contribution in [1.29, 1.82) is 0 Å². The topological polar surface area (TPSA) is 164 Å². The number of amides is 5. The molecular formula is C37H48FN5O7. The third-order valence-electron chi connectivity index (χ3n) is 10.0. The van der Waals surface area contributed by atoms with Gasteiger partial charge in [0.05, 0.1) is 18.0 Å². The first-order valence-corrected chi connectivity index (χ1v) is 17.5. The average molecular weight is 694 g/mol. The molecule has 13 heteroatoms. The minimum Gasteiger partial charge on any atom is -0.491 e. The maximum absolute atomic E-state index is 14.3. The van der Waals surface area contributed by atoms with Crippen LogP contribution in [0.1, 0.15) is 81.6 Å². The minimum absolute atomic E-state index is 0.0224. The first-order valence-electron chi connectivity index (χ1n) is 17.5. The number of fused-ring (bicyclic) bond motifs is 1. The van der Waals surface area contributed by atoms with Crippen LogP contribution in [0, 0.1) is 11.7 Å². The number of hydrogen-bond donors (Lipinski definition) is 5. The van der Waals surface area contributed by atoms with E-state index in [9.17, 15) is 28.4 Å². The molecule has 2 aliphatic heterocycles. The van der Waals surface area contributed by atoms with Gasteiger partial charge in [-0.15, -0.1) is 0 Å². The molecule has 1 aliphatic carbocycles. The predicted molar refractivity (Wildman–Crippen MR) is 183 cm³/mol. The number of ether oxygens (including phenoxy) is 2. The molecule has 0 bridgehead atoms. The lowest BCUT2D eigenvalue weighted by molar-refractivity contribution is -0.137. The van der Waals surface area contributed by atoms with Crippen molar-refractivity contribution in [2.75, 3.05) is 26.4 Å². The zero-order valence-electron chi connectivity index (χ0n) is 28.9. The van der Waals surface area contributed by atoms with Crippen molar-refractivity contribution in [2.24, 2.45) is 5.92 Å². The third kappa shape index (κ3) is 8.61. The normalized spacial score (nSPS) is 24.5. The SMILES string of the molecule is CC(C)[C@H]1NC(=O)C2(CCCC2)NC(=O)C[C@@H](C(=O)NCC2(c3cccc(F)c3)CCOCC2)NC(=O)c2ccccc2OC[C@H](C)NC1=O. The van der Waals surface area contributed by atoms with Crippen molar-refractivity contribution in [1.82, 2.24) is 26.6 Å². The van der Waals surface area contributed by atoms with E-state index < -0.39 is 70.9 Å². The first kappa shape index (κ1) is 36.8. The number of carbonyl (C=O) groups is 5. The van der Waals surface area contributed by atoms with Crippen LogP contribution in [0.5, 0.6) is 5.75 Å². The van der Waals surface area contributed by atoms with Crippen LogP contribution in [0.15, 0.2) is 48.5 Å². The lowest BCUT2D eigenvalue weighted by Crippen LogP contribution is -2.62. The minimum atomic E-state index is -1.33. The van der Waals surface area contributed by atoms with Gasteiger partial charge in [0.25, 0.3) is 5.91 Å². The Bertz CT molecular complexity index is 1570. The molecule has 2 aromatic carbocycles. The summed E-state index contributed by atoms with van der Waals surface area (Å²) in [5, 5.41) is 14.3. The van der Waals surface area contributed by atoms with E-state index in [1.54, 1.807) is 37.3 Å². The van der Waals surface area contributed by atoms with E-state index in [0.717, 1.165) is 5.56 Å². The Balaban J connectivity index is 1.45. The molecule has 2 fully saturated rings. The third-order valence-corrected chi connectivity index (χ3v) is 10.0. The van der Waals surface area contributed by atoms with Crippen molar-refractivity contribution in [3.05, 3.63) is 65.5 Å². The average Bonchev–Trinajstić information content (AvgIpc) is 3.57. The molecule has 2 heterocycles. The number of hydrogen-bond acceptors (Lipinski definition) is 7. The van der Waals surface area contributed by atoms with Crippen LogP contribution in [0.25, 0.3) is 0 Å². The number of nitrogens with one attached hydrogen (secondary N) is 5. The number of rotatable bonds is 5. The standard InChI is InChI=1S/C37H48FN5O7/c1-23(2)31-34(47)40-24(3)21-50-29-12-5-4-11-27(29)32(45)41-28(20-30(44)43-37(35(48)42-31)13-6-7-14-37)33(46)39-22-36(15-17-49-18-16-36)25-9-8-10-26(38)19-25/h4-5,8-12,19,23-24,28,31H,6-7,13-18,20-22H2,1-3H3,(H,39,46)(H,40,47)(H,41,45)(H,42,48)(H,43,44)/t24-,28-,31+/m0/s1. The van der Waals surface area contributed by atoms with Crippen LogP contribution in [0.4, 0.5) is 4.39 Å². The highest BCUT2D eigenvalue weighted by molar-refractivity contribution is 6.01. The van der Waals surface area contributed by atoms with E-state index in [1.807, 2.05) is 19.9 Å². The highest BCUT2D eigenvalue weighted by atomic mass is 19.1. The summed E-state index contributed by atoms with van der Waals surface area (Å²) in [5.74, 6) is -3.15. The molecular weight excluding hydrogens is 645 g/mol. The Hall–Kier alpha value is -4.52. The largest absolute Gasteiger partial charge is 0.491 e. The zero-order valence-corrected chi connectivity index (χ0v) is 28.9. The molecule has 1 saturated heterocycles. The van der Waals surface area contributed by atoms with Gasteiger partial charge in [-0.05, 0) is 68.4 Å². The summed E-state index contributed by atoms with van der Waals surface area (Å²) in [6, 6.07) is 10.1. The second-order valence-corrected chi connectivity index (χ2v) is 14.1. The van der Waals surface area contributed by atoms with Crippen molar-refractivity contribution < 1.29 is 37.8 Å². The van der Waals surface area contributed by atoms with Crippen molar-refractivity contribution in [2.45, 2.75) is 94.8 Å². The highest BCUT2D eigenvalue weighted by Gasteiger charge is 2.45. The Morgan fingerprint density at radius 2 is 1.68 bits per heavy atom. The molecule has 0 unspecified atom stereocenters. The van der Waals surface area contributed by atoms with Crippen LogP contribution in [0.2, 0.25) is 0 Å². The lowest BCUT2D eigenvalue weighted by Gasteiger charge is -2.38. The number of carbonyl (C=O) groups excluding carboxylic acids is 5. The van der Waals surface area contributed by atoms with Crippen LogP contribution in [-0.4, -0.2) is 79.6 Å². The Morgan fingerprint density at radius 3 is 2.38 bits per heavy atom. The van der Waals surface area contributed by atoms with Crippen molar-refractivity contribution in [3.8, 4) is 5.75 Å². The maximum Gasteiger partial charge on any atom is 0.255 e. The Kier molecular flexibility index (Phi) is 11.8. The molecule has 270 valence electrons. The summed E-state index contributed by atoms with van der Waals surface area (Å²) in [7, 11) is 0. The molecule has 3 aliphatic rings. The fourth-order valence-corrected chi connectivity index (χ4v) is 7.05. The van der Waals surface area contributed by atoms with E-state index >= 15 is 0 Å². The summed E-state index contributed by atoms with van der Waals surface area (Å²) in [6.07, 6.45) is 2.68. The molecule has 5 N–H and O–H groups in total. The van der Waals surface area contributed by atoms with Gasteiger partial charge >= 0.3 is 0 Å². The monoisotopic (exact) mass is 693 g/mol. The Labute approximate surface area is 292 Å². The van der Waals surface area contributed by atoms with Crippen molar-refractivity contribution in [3.63, 3.8) is 0 Å². The summed E-state index contributed by atoms with van der Waals surface area (Å²) < 4.78 is 25.9. The predicted octanol–water partition coefficient (Wildman–Crippen LogP) is 2.65. The fraction of sp³-hybridized carbons (Fsp3) is 0.541. The smallest absolute Gasteiger partial charge is 0.255 e. The quantitative estimate of drug-likeness (QED) is 0.322. The van der Waals surface area contributed by atoms with Gasteiger partial charge in [-0.2, -0.15) is 0 Å². The van der Waals surface area contributed by atoms with E-state index in [-0.39, 0.29) is 30.4 Å². The van der Waals surface area contributed by atoms with Crippen molar-refractivity contribution >= 4 is 29.5 Å². The summed E-state index contributed by atoms with van der Waals surface area (Å²) >= 11 is 0. The van der Waals surface area contributed by atoms with E-state index in [4.69, 9.17) is 9.47 Å². The fourth-order valence-electron chi connectivity index (χ4n) is 7.05. The molecule has 2 aromatic rings. The van der Waals surface area contributed by atoms with Gasteiger partial charge in [-0.25, -0.2) is 4.39 Å². The lowest BCUT2D eigenvalue weighted by atomic mass is 9.74. The van der Waals surface area contributed by atoms with Crippen LogP contribution >= 0.6 is 0 Å². The molecule has 50 heavy (non-hydrogen) atoms. The first-order chi connectivity index (χ1) is 23.9. The summed E-state index contributed by atoms with van der Waals surface area (Å²) in [5.41, 5.74) is -1.05. The van der Waals surface area contributed by atoms with Crippen LogP contribution in [-0.2, 0) is 29.3 Å².